The van der Waals surface area contributed by atoms with E-state index >= 15 is 0 Å². The lowest BCUT2D eigenvalue weighted by Crippen LogP contribution is -2.30. The number of esters is 1. The fourth-order valence-corrected chi connectivity index (χ4v) is 2.51. The topological polar surface area (TPSA) is 59.2 Å². The van der Waals surface area contributed by atoms with Crippen LogP contribution >= 0.6 is 0 Å². The molecule has 1 aliphatic rings. The van der Waals surface area contributed by atoms with Crippen LogP contribution in [0.1, 0.15) is 36.0 Å². The van der Waals surface area contributed by atoms with E-state index in [1.807, 2.05) is 24.3 Å². The first-order valence-electron chi connectivity index (χ1n) is 6.55. The van der Waals surface area contributed by atoms with Crippen LogP contribution in [-0.4, -0.2) is 22.8 Å². The van der Waals surface area contributed by atoms with Crippen LogP contribution in [0, 0.1) is 0 Å². The number of aromatic amines is 1. The zero-order valence-corrected chi connectivity index (χ0v) is 10.5. The van der Waals surface area contributed by atoms with Crippen molar-refractivity contribution in [3.05, 3.63) is 36.0 Å². The Morgan fingerprint density at radius 1 is 1.26 bits per heavy atom. The quantitative estimate of drug-likeness (QED) is 0.841. The Bertz CT molecular complexity index is 629. The number of fused-ring (bicyclic) bond motifs is 1. The molecule has 0 spiro atoms. The molecule has 1 N–H and O–H groups in total. The third kappa shape index (κ3) is 2.26. The van der Waals surface area contributed by atoms with Crippen molar-refractivity contribution in [1.82, 2.24) is 4.98 Å². The second-order valence-electron chi connectivity index (χ2n) is 4.85. The third-order valence-corrected chi connectivity index (χ3v) is 3.56. The first-order chi connectivity index (χ1) is 9.25. The molecule has 0 unspecified atom stereocenters. The fourth-order valence-electron chi connectivity index (χ4n) is 2.51. The molecule has 0 radical (unpaired) electrons. The van der Waals surface area contributed by atoms with Gasteiger partial charge in [0.05, 0.1) is 5.56 Å². The first kappa shape index (κ1) is 12.0. The number of carbonyl (C=O) groups is 2. The number of H-pyrrole nitrogens is 1. The van der Waals surface area contributed by atoms with Crippen LogP contribution in [0.25, 0.3) is 10.9 Å². The summed E-state index contributed by atoms with van der Waals surface area (Å²) < 4.78 is 5.35. The molecule has 1 atom stereocenters. The largest absolute Gasteiger partial charge is 0.451 e. The predicted molar refractivity (Wildman–Crippen MR) is 71.0 cm³/mol. The molecule has 1 heterocycles. The molecule has 1 aliphatic carbocycles. The molecular formula is C15H15NO3. The minimum absolute atomic E-state index is 0.0411. The Morgan fingerprint density at radius 2 is 2.11 bits per heavy atom. The minimum atomic E-state index is -0.560. The lowest BCUT2D eigenvalue weighted by atomic mass is 9.96. The number of para-hydroxylation sites is 1. The Labute approximate surface area is 110 Å². The Balaban J connectivity index is 1.82. The van der Waals surface area contributed by atoms with Gasteiger partial charge in [0.1, 0.15) is 0 Å². The molecule has 4 heteroatoms. The summed E-state index contributed by atoms with van der Waals surface area (Å²) in [5.74, 6) is -0.378. The molecule has 1 fully saturated rings. The molecule has 0 amide bonds. The van der Waals surface area contributed by atoms with E-state index in [0.29, 0.717) is 18.4 Å². The molecule has 19 heavy (non-hydrogen) atoms. The summed E-state index contributed by atoms with van der Waals surface area (Å²) in [6.07, 6.45) is 4.09. The van der Waals surface area contributed by atoms with Gasteiger partial charge in [-0.15, -0.1) is 0 Å². The zero-order valence-electron chi connectivity index (χ0n) is 10.5. The van der Waals surface area contributed by atoms with Gasteiger partial charge in [0.25, 0.3) is 0 Å². The highest BCUT2D eigenvalue weighted by Crippen LogP contribution is 2.22. The normalized spacial score (nSPS) is 19.6. The molecule has 0 saturated heterocycles. The molecule has 1 saturated carbocycles. The van der Waals surface area contributed by atoms with Gasteiger partial charge in [0.2, 0.25) is 0 Å². The van der Waals surface area contributed by atoms with E-state index in [9.17, 15) is 9.59 Å². The molecule has 0 bridgehead atoms. The van der Waals surface area contributed by atoms with E-state index < -0.39 is 12.1 Å². The van der Waals surface area contributed by atoms with Gasteiger partial charge in [-0.05, 0) is 25.3 Å². The number of ether oxygens (including phenoxy) is 1. The van der Waals surface area contributed by atoms with Gasteiger partial charge in [-0.25, -0.2) is 4.79 Å². The lowest BCUT2D eigenvalue weighted by molar-refractivity contribution is -0.129. The van der Waals surface area contributed by atoms with Crippen molar-refractivity contribution in [2.45, 2.75) is 31.8 Å². The summed E-state index contributed by atoms with van der Waals surface area (Å²) >= 11 is 0. The van der Waals surface area contributed by atoms with Gasteiger partial charge in [0, 0.05) is 23.5 Å². The molecule has 2 aromatic rings. The third-order valence-electron chi connectivity index (χ3n) is 3.56. The van der Waals surface area contributed by atoms with Crippen LogP contribution in [0.15, 0.2) is 30.5 Å². The van der Waals surface area contributed by atoms with E-state index in [0.717, 1.165) is 23.7 Å². The van der Waals surface area contributed by atoms with Gasteiger partial charge in [-0.1, -0.05) is 18.2 Å². The van der Waals surface area contributed by atoms with Crippen molar-refractivity contribution in [3.8, 4) is 0 Å². The second kappa shape index (κ2) is 4.88. The summed E-state index contributed by atoms with van der Waals surface area (Å²) in [6.45, 7) is 0. The highest BCUT2D eigenvalue weighted by Gasteiger charge is 2.27. The summed E-state index contributed by atoms with van der Waals surface area (Å²) in [5, 5.41) is 0.829. The van der Waals surface area contributed by atoms with Crippen LogP contribution in [0.5, 0.6) is 0 Å². The van der Waals surface area contributed by atoms with Crippen molar-refractivity contribution >= 4 is 22.7 Å². The molecule has 1 aromatic heterocycles. The number of aromatic nitrogens is 1. The summed E-state index contributed by atoms with van der Waals surface area (Å²) in [6, 6.07) is 7.54. The van der Waals surface area contributed by atoms with Crippen molar-refractivity contribution in [2.75, 3.05) is 0 Å². The second-order valence-corrected chi connectivity index (χ2v) is 4.85. The van der Waals surface area contributed by atoms with Gasteiger partial charge >= 0.3 is 5.97 Å². The smallest absolute Gasteiger partial charge is 0.341 e. The molecule has 1 aromatic carbocycles. The number of benzene rings is 1. The average Bonchev–Trinajstić information content (AvgIpc) is 2.85. The van der Waals surface area contributed by atoms with E-state index in [1.165, 1.54) is 0 Å². The van der Waals surface area contributed by atoms with Gasteiger partial charge < -0.3 is 9.72 Å². The zero-order chi connectivity index (χ0) is 13.2. The Kier molecular flexibility index (Phi) is 3.07. The van der Waals surface area contributed by atoms with Crippen LogP contribution in [0.2, 0.25) is 0 Å². The number of rotatable bonds is 2. The Morgan fingerprint density at radius 3 is 2.95 bits per heavy atom. The number of nitrogens with one attached hydrogen (secondary N) is 1. The number of carbonyl (C=O) groups excluding carboxylic acids is 2. The van der Waals surface area contributed by atoms with Crippen molar-refractivity contribution < 1.29 is 14.3 Å². The maximum Gasteiger partial charge on any atom is 0.341 e. The average molecular weight is 257 g/mol. The monoisotopic (exact) mass is 257 g/mol. The van der Waals surface area contributed by atoms with E-state index in [-0.39, 0.29) is 5.78 Å². The Hall–Kier alpha value is -2.10. The van der Waals surface area contributed by atoms with Crippen LogP contribution in [-0.2, 0) is 9.53 Å². The SMILES string of the molecule is O=C(O[C@@H]1CCCCC1=O)c1c[nH]c2ccccc12. The van der Waals surface area contributed by atoms with E-state index in [4.69, 9.17) is 4.74 Å². The lowest BCUT2D eigenvalue weighted by Gasteiger charge is -2.20. The van der Waals surface area contributed by atoms with E-state index in [2.05, 4.69) is 4.98 Å². The first-order valence-corrected chi connectivity index (χ1v) is 6.55. The maximum atomic E-state index is 12.1. The van der Waals surface area contributed by atoms with Crippen molar-refractivity contribution in [3.63, 3.8) is 0 Å². The van der Waals surface area contributed by atoms with Crippen LogP contribution < -0.4 is 0 Å². The number of hydrogen-bond acceptors (Lipinski definition) is 3. The molecule has 98 valence electrons. The van der Waals surface area contributed by atoms with Crippen molar-refractivity contribution in [2.24, 2.45) is 0 Å². The van der Waals surface area contributed by atoms with Crippen molar-refractivity contribution in [1.29, 1.82) is 0 Å². The van der Waals surface area contributed by atoms with Crippen LogP contribution in [0.4, 0.5) is 0 Å². The highest BCUT2D eigenvalue weighted by molar-refractivity contribution is 6.04. The van der Waals surface area contributed by atoms with E-state index in [1.54, 1.807) is 6.20 Å². The number of ketones is 1. The fraction of sp³-hybridized carbons (Fsp3) is 0.333. The predicted octanol–water partition coefficient (Wildman–Crippen LogP) is 2.84. The summed E-state index contributed by atoms with van der Waals surface area (Å²) in [7, 11) is 0. The summed E-state index contributed by atoms with van der Waals surface area (Å²) in [5.41, 5.74) is 1.39. The summed E-state index contributed by atoms with van der Waals surface area (Å²) in [4.78, 5) is 26.8. The van der Waals surface area contributed by atoms with Gasteiger partial charge in [0.15, 0.2) is 11.9 Å². The number of Topliss-reactive ketones (excluding diaryl/α,β-unsaturated/α-hetero) is 1. The molecule has 3 rings (SSSR count). The molecule has 0 aliphatic heterocycles. The maximum absolute atomic E-state index is 12.1. The molecule has 4 nitrogen and oxygen atoms in total. The number of hydrogen-bond donors (Lipinski definition) is 1. The van der Waals surface area contributed by atoms with Crippen LogP contribution in [0.3, 0.4) is 0 Å². The standard InChI is InChI=1S/C15H15NO3/c17-13-7-3-4-8-14(13)19-15(18)11-9-16-12-6-2-1-5-10(11)12/h1-2,5-6,9,14,16H,3-4,7-8H2/t14-/m1/s1. The molecular weight excluding hydrogens is 242 g/mol. The van der Waals surface area contributed by atoms with Gasteiger partial charge in [-0.3, -0.25) is 4.79 Å². The minimum Gasteiger partial charge on any atom is -0.451 e. The highest BCUT2D eigenvalue weighted by atomic mass is 16.5. The van der Waals surface area contributed by atoms with Gasteiger partial charge in [-0.2, -0.15) is 0 Å².